The number of nitrogens with zero attached hydrogens (tertiary/aromatic N) is 2. The van der Waals surface area contributed by atoms with Gasteiger partial charge in [-0.05, 0) is 60.7 Å². The first-order valence-corrected chi connectivity index (χ1v) is 8.70. The lowest BCUT2D eigenvalue weighted by atomic mass is 10.1. The van der Waals surface area contributed by atoms with Crippen molar-refractivity contribution < 1.29 is 29.4 Å². The normalized spacial score (nSPS) is 10.1. The fourth-order valence-electron chi connectivity index (χ4n) is 2.89. The van der Waals surface area contributed by atoms with E-state index in [4.69, 9.17) is 10.2 Å². The number of hydrogen-bond acceptors (Lipinski definition) is 4. The van der Waals surface area contributed by atoms with Crippen LogP contribution in [0.1, 0.15) is 20.7 Å². The Morgan fingerprint density at radius 2 is 0.967 bits per heavy atom. The second kappa shape index (κ2) is 8.70. The van der Waals surface area contributed by atoms with Crippen molar-refractivity contribution in [1.29, 1.82) is 0 Å². The Kier molecular flexibility index (Phi) is 5.88. The minimum absolute atomic E-state index is 0.0430. The van der Waals surface area contributed by atoms with Gasteiger partial charge in [0.25, 0.3) is 0 Å². The number of carbonyl (C=O) groups is 4. The first kappa shape index (κ1) is 20.3. The molecule has 2 N–H and O–H groups in total. The first-order chi connectivity index (χ1) is 14.4. The van der Waals surface area contributed by atoms with Gasteiger partial charge in [-0.2, -0.15) is 0 Å². The summed E-state index contributed by atoms with van der Waals surface area (Å²) in [5, 5.41) is 18.3. The zero-order valence-electron chi connectivity index (χ0n) is 15.5. The smallest absolute Gasteiger partial charge is 0.335 e. The molecule has 30 heavy (non-hydrogen) atoms. The molecule has 0 fully saturated rings. The maximum Gasteiger partial charge on any atom is 0.335 e. The molecule has 150 valence electrons. The second-order valence-electron chi connectivity index (χ2n) is 6.18. The van der Waals surface area contributed by atoms with Crippen molar-refractivity contribution in [2.45, 2.75) is 0 Å². The van der Waals surface area contributed by atoms with Crippen molar-refractivity contribution in [2.75, 3.05) is 9.80 Å². The van der Waals surface area contributed by atoms with Gasteiger partial charge in [0.05, 0.1) is 11.1 Å². The lowest BCUT2D eigenvalue weighted by Gasteiger charge is -2.21. The molecule has 0 radical (unpaired) electrons. The van der Waals surface area contributed by atoms with Gasteiger partial charge in [-0.1, -0.05) is 12.1 Å². The Morgan fingerprint density at radius 3 is 1.27 bits per heavy atom. The van der Waals surface area contributed by atoms with Crippen molar-refractivity contribution in [3.8, 4) is 0 Å². The van der Waals surface area contributed by atoms with E-state index in [9.17, 15) is 19.2 Å². The molecule has 0 aliphatic carbocycles. The third kappa shape index (κ3) is 4.17. The summed E-state index contributed by atoms with van der Waals surface area (Å²) in [6.07, 6.45) is 1.12. The van der Waals surface area contributed by atoms with E-state index in [0.29, 0.717) is 35.6 Å². The van der Waals surface area contributed by atoms with Crippen LogP contribution < -0.4 is 9.80 Å². The van der Waals surface area contributed by atoms with Gasteiger partial charge in [-0.25, -0.2) is 9.59 Å². The maximum absolute atomic E-state index is 11.6. The van der Waals surface area contributed by atoms with Crippen LogP contribution in [0.2, 0.25) is 0 Å². The molecule has 0 aromatic heterocycles. The van der Waals surface area contributed by atoms with Gasteiger partial charge in [0.15, 0.2) is 0 Å². The molecule has 0 saturated carbocycles. The molecule has 0 heterocycles. The fraction of sp³-hybridized carbons (Fsp3) is 0. The lowest BCUT2D eigenvalue weighted by molar-refractivity contribution is -0.107. The highest BCUT2D eigenvalue weighted by Gasteiger charge is 2.14. The predicted octanol–water partition coefficient (Wildman–Crippen LogP) is 3.67. The third-order valence-corrected chi connectivity index (χ3v) is 4.36. The van der Waals surface area contributed by atoms with Gasteiger partial charge >= 0.3 is 11.9 Å². The molecule has 3 aromatic rings. The number of amides is 2. The van der Waals surface area contributed by atoms with Crippen LogP contribution in [-0.4, -0.2) is 35.0 Å². The standard InChI is InChI=1S/C22H16N2O6/c25-13-23(19-5-1-3-15(11-19)21(27)28)17-7-9-18(10-8-17)24(14-26)20-6-2-4-16(12-20)22(29)30/h1-14H,(H,27,28)(H,29,30). The molecular formula is C22H16N2O6. The van der Waals surface area contributed by atoms with Crippen molar-refractivity contribution >= 4 is 47.5 Å². The van der Waals surface area contributed by atoms with Gasteiger partial charge in [0.2, 0.25) is 12.8 Å². The van der Waals surface area contributed by atoms with Crippen LogP contribution in [0.5, 0.6) is 0 Å². The van der Waals surface area contributed by atoms with Crippen molar-refractivity contribution in [3.63, 3.8) is 0 Å². The number of anilines is 4. The average Bonchev–Trinajstić information content (AvgIpc) is 2.76. The Labute approximate surface area is 171 Å². The van der Waals surface area contributed by atoms with Gasteiger partial charge in [0.1, 0.15) is 0 Å². The van der Waals surface area contributed by atoms with E-state index in [1.807, 2.05) is 0 Å². The van der Waals surface area contributed by atoms with Crippen LogP contribution in [0.25, 0.3) is 0 Å². The number of carboxylic acids is 2. The highest BCUT2D eigenvalue weighted by atomic mass is 16.4. The molecule has 2 amide bonds. The van der Waals surface area contributed by atoms with Crippen molar-refractivity contribution in [1.82, 2.24) is 0 Å². The molecule has 0 unspecified atom stereocenters. The summed E-state index contributed by atoms with van der Waals surface area (Å²) in [4.78, 5) is 48.2. The molecule has 0 aliphatic heterocycles. The van der Waals surface area contributed by atoms with Crippen LogP contribution >= 0.6 is 0 Å². The number of aromatic carboxylic acids is 2. The van der Waals surface area contributed by atoms with Crippen molar-refractivity contribution in [2.24, 2.45) is 0 Å². The Hall–Kier alpha value is -4.46. The second-order valence-corrected chi connectivity index (χ2v) is 6.18. The fourth-order valence-corrected chi connectivity index (χ4v) is 2.89. The minimum atomic E-state index is -1.11. The highest BCUT2D eigenvalue weighted by Crippen LogP contribution is 2.30. The van der Waals surface area contributed by atoms with Crippen LogP contribution in [0.4, 0.5) is 22.7 Å². The zero-order valence-corrected chi connectivity index (χ0v) is 15.5. The van der Waals surface area contributed by atoms with E-state index in [1.165, 1.54) is 46.2 Å². The SMILES string of the molecule is O=CN(c1ccc(N(C=O)c2cccc(C(=O)O)c2)cc1)c1cccc(C(=O)O)c1. The number of rotatable bonds is 8. The van der Waals surface area contributed by atoms with E-state index < -0.39 is 11.9 Å². The Balaban J connectivity index is 1.92. The zero-order chi connectivity index (χ0) is 21.7. The summed E-state index contributed by atoms with van der Waals surface area (Å²) < 4.78 is 0. The van der Waals surface area contributed by atoms with Gasteiger partial charge in [-0.3, -0.25) is 19.4 Å². The van der Waals surface area contributed by atoms with Crippen LogP contribution in [-0.2, 0) is 9.59 Å². The topological polar surface area (TPSA) is 115 Å². The molecule has 0 saturated heterocycles. The van der Waals surface area contributed by atoms with E-state index in [1.54, 1.807) is 36.4 Å². The summed E-state index contributed by atoms with van der Waals surface area (Å²) >= 11 is 0. The van der Waals surface area contributed by atoms with E-state index >= 15 is 0 Å². The van der Waals surface area contributed by atoms with E-state index in [-0.39, 0.29) is 11.1 Å². The molecule has 0 bridgehead atoms. The lowest BCUT2D eigenvalue weighted by Crippen LogP contribution is -2.16. The Bertz CT molecular complexity index is 1020. The van der Waals surface area contributed by atoms with E-state index in [0.717, 1.165) is 0 Å². The third-order valence-electron chi connectivity index (χ3n) is 4.36. The predicted molar refractivity (Wildman–Crippen MR) is 110 cm³/mol. The Morgan fingerprint density at radius 1 is 0.600 bits per heavy atom. The summed E-state index contributed by atoms with van der Waals surface area (Å²) in [7, 11) is 0. The first-order valence-electron chi connectivity index (χ1n) is 8.70. The summed E-state index contributed by atoms with van der Waals surface area (Å²) in [6, 6.07) is 18.2. The maximum atomic E-state index is 11.6. The van der Waals surface area contributed by atoms with E-state index in [2.05, 4.69) is 0 Å². The van der Waals surface area contributed by atoms with Crippen LogP contribution in [0.3, 0.4) is 0 Å². The number of carboxylic acid groups (broad SMARTS) is 2. The molecule has 3 rings (SSSR count). The quantitative estimate of drug-likeness (QED) is 0.554. The van der Waals surface area contributed by atoms with Gasteiger partial charge in [0, 0.05) is 22.7 Å². The van der Waals surface area contributed by atoms with Crippen LogP contribution in [0, 0.1) is 0 Å². The molecule has 0 spiro atoms. The molecule has 0 atom stereocenters. The number of benzene rings is 3. The monoisotopic (exact) mass is 404 g/mol. The highest BCUT2D eigenvalue weighted by molar-refractivity contribution is 5.94. The molecule has 8 heteroatoms. The van der Waals surface area contributed by atoms with Crippen LogP contribution in [0.15, 0.2) is 72.8 Å². The summed E-state index contributed by atoms with van der Waals surface area (Å²) in [6.45, 7) is 0. The van der Waals surface area contributed by atoms with Gasteiger partial charge < -0.3 is 10.2 Å². The largest absolute Gasteiger partial charge is 0.478 e. The summed E-state index contributed by atoms with van der Waals surface area (Å²) in [5.41, 5.74) is 1.75. The number of carbonyl (C=O) groups excluding carboxylic acids is 2. The van der Waals surface area contributed by atoms with Gasteiger partial charge in [-0.15, -0.1) is 0 Å². The summed E-state index contributed by atoms with van der Waals surface area (Å²) in [5.74, 6) is -2.22. The molecule has 3 aromatic carbocycles. The molecule has 0 aliphatic rings. The van der Waals surface area contributed by atoms with Crippen molar-refractivity contribution in [3.05, 3.63) is 83.9 Å². The molecular weight excluding hydrogens is 388 g/mol. The average molecular weight is 404 g/mol. The number of hydrogen-bond donors (Lipinski definition) is 2. The minimum Gasteiger partial charge on any atom is -0.478 e. The molecule has 8 nitrogen and oxygen atoms in total.